The van der Waals surface area contributed by atoms with Crippen molar-refractivity contribution in [1.82, 2.24) is 14.7 Å². The first-order valence-electron chi connectivity index (χ1n) is 8.97. The number of hydrogen-bond acceptors (Lipinski definition) is 4. The maximum atomic E-state index is 12.9. The highest BCUT2D eigenvalue weighted by molar-refractivity contribution is 7.20. The summed E-state index contributed by atoms with van der Waals surface area (Å²) in [6, 6.07) is 12.0. The fourth-order valence-corrected chi connectivity index (χ4v) is 4.82. The van der Waals surface area contributed by atoms with Crippen LogP contribution in [0.5, 0.6) is 0 Å². The molecule has 0 aliphatic carbocycles. The van der Waals surface area contributed by atoms with Gasteiger partial charge in [0.1, 0.15) is 4.83 Å². The summed E-state index contributed by atoms with van der Waals surface area (Å²) in [5.74, 6) is -1.43. The summed E-state index contributed by atoms with van der Waals surface area (Å²) < 4.78 is 1.94. The fourth-order valence-electron chi connectivity index (χ4n) is 3.69. The van der Waals surface area contributed by atoms with Crippen LogP contribution in [0.4, 0.5) is 0 Å². The summed E-state index contributed by atoms with van der Waals surface area (Å²) >= 11 is 1.43. The summed E-state index contributed by atoms with van der Waals surface area (Å²) in [7, 11) is 0. The maximum absolute atomic E-state index is 12.9. The standard InChI is InChI=1S/C20H21N3O3S/c1-12-9-22(11-16(12)20(25)26)18(24)17-8-15-13(2)21-23(19(15)27-17)10-14-6-4-3-5-7-14/h3-8,12,16H,9-11H2,1-2H3,(H,25,26)/t12-,16-/m1/s1. The van der Waals surface area contributed by atoms with Crippen molar-refractivity contribution in [1.29, 1.82) is 0 Å². The van der Waals surface area contributed by atoms with Crippen molar-refractivity contribution < 1.29 is 14.7 Å². The lowest BCUT2D eigenvalue weighted by Gasteiger charge is -2.14. The molecule has 2 aromatic heterocycles. The lowest BCUT2D eigenvalue weighted by atomic mass is 9.99. The molecule has 0 spiro atoms. The number of carbonyl (C=O) groups is 2. The Kier molecular flexibility index (Phi) is 4.47. The molecule has 6 nitrogen and oxygen atoms in total. The van der Waals surface area contributed by atoms with Crippen molar-refractivity contribution in [3.8, 4) is 0 Å². The molecule has 1 aromatic carbocycles. The number of amides is 1. The molecule has 140 valence electrons. The Morgan fingerprint density at radius 3 is 2.67 bits per heavy atom. The van der Waals surface area contributed by atoms with Crippen LogP contribution in [-0.4, -0.2) is 44.8 Å². The van der Waals surface area contributed by atoms with Gasteiger partial charge in [-0.1, -0.05) is 37.3 Å². The van der Waals surface area contributed by atoms with E-state index in [-0.39, 0.29) is 18.4 Å². The minimum atomic E-state index is -0.830. The van der Waals surface area contributed by atoms with E-state index >= 15 is 0 Å². The van der Waals surface area contributed by atoms with Gasteiger partial charge in [0.25, 0.3) is 5.91 Å². The molecule has 1 saturated heterocycles. The minimum Gasteiger partial charge on any atom is -0.481 e. The van der Waals surface area contributed by atoms with Gasteiger partial charge in [-0.15, -0.1) is 11.3 Å². The molecular weight excluding hydrogens is 362 g/mol. The predicted octanol–water partition coefficient (Wildman–Crippen LogP) is 3.25. The largest absolute Gasteiger partial charge is 0.481 e. The van der Waals surface area contributed by atoms with Crippen LogP contribution in [0.1, 0.15) is 27.9 Å². The van der Waals surface area contributed by atoms with E-state index in [1.165, 1.54) is 11.3 Å². The van der Waals surface area contributed by atoms with Crippen LogP contribution in [0.2, 0.25) is 0 Å². The zero-order chi connectivity index (χ0) is 19.1. The third-order valence-electron chi connectivity index (χ3n) is 5.21. The lowest BCUT2D eigenvalue weighted by Crippen LogP contribution is -2.29. The Bertz CT molecular complexity index is 1010. The quantitative estimate of drug-likeness (QED) is 0.750. The van der Waals surface area contributed by atoms with E-state index in [2.05, 4.69) is 17.2 Å². The average Bonchev–Trinajstić information content (AvgIpc) is 3.31. The van der Waals surface area contributed by atoms with Crippen molar-refractivity contribution >= 4 is 33.4 Å². The molecule has 4 rings (SSSR count). The van der Waals surface area contributed by atoms with Gasteiger partial charge in [-0.05, 0) is 24.5 Å². The highest BCUT2D eigenvalue weighted by Gasteiger charge is 2.37. The van der Waals surface area contributed by atoms with Crippen molar-refractivity contribution in [3.63, 3.8) is 0 Å². The van der Waals surface area contributed by atoms with Crippen molar-refractivity contribution in [3.05, 3.63) is 52.5 Å². The van der Waals surface area contributed by atoms with Crippen molar-refractivity contribution in [2.75, 3.05) is 13.1 Å². The molecule has 27 heavy (non-hydrogen) atoms. The normalized spacial score (nSPS) is 19.7. The van der Waals surface area contributed by atoms with Crippen LogP contribution in [0.25, 0.3) is 10.2 Å². The van der Waals surface area contributed by atoms with Gasteiger partial charge in [0.2, 0.25) is 0 Å². The number of aliphatic carboxylic acids is 1. The summed E-state index contributed by atoms with van der Waals surface area (Å²) in [6.45, 7) is 5.25. The topological polar surface area (TPSA) is 75.4 Å². The SMILES string of the molecule is Cc1nn(Cc2ccccc2)c2sc(C(=O)N3C[C@@H](C)[C@H](C(=O)O)C3)cc12. The van der Waals surface area contributed by atoms with Crippen LogP contribution in [0.15, 0.2) is 36.4 Å². The first-order valence-corrected chi connectivity index (χ1v) is 9.78. The van der Waals surface area contributed by atoms with E-state index in [1.807, 2.05) is 42.8 Å². The van der Waals surface area contributed by atoms with Crippen LogP contribution in [0, 0.1) is 18.8 Å². The van der Waals surface area contributed by atoms with Gasteiger partial charge in [0.05, 0.1) is 23.0 Å². The first kappa shape index (κ1) is 17.7. The molecule has 3 aromatic rings. The second kappa shape index (κ2) is 6.81. The van der Waals surface area contributed by atoms with Gasteiger partial charge in [0, 0.05) is 18.5 Å². The molecule has 1 aliphatic rings. The molecule has 1 fully saturated rings. The number of carboxylic acids is 1. The van der Waals surface area contributed by atoms with Gasteiger partial charge < -0.3 is 10.0 Å². The summed E-state index contributed by atoms with van der Waals surface area (Å²) in [4.78, 5) is 27.5. The summed E-state index contributed by atoms with van der Waals surface area (Å²) in [5, 5.41) is 14.9. The van der Waals surface area contributed by atoms with Crippen molar-refractivity contribution in [2.24, 2.45) is 11.8 Å². The van der Waals surface area contributed by atoms with E-state index in [0.717, 1.165) is 21.5 Å². The number of fused-ring (bicyclic) bond motifs is 1. The highest BCUT2D eigenvalue weighted by atomic mass is 32.1. The Hall–Kier alpha value is -2.67. The van der Waals surface area contributed by atoms with Gasteiger partial charge in [-0.2, -0.15) is 5.10 Å². The number of thiophene rings is 1. The fraction of sp³-hybridized carbons (Fsp3) is 0.350. The highest BCUT2D eigenvalue weighted by Crippen LogP contribution is 2.32. The number of rotatable bonds is 4. The van der Waals surface area contributed by atoms with E-state index in [9.17, 15) is 14.7 Å². The first-order chi connectivity index (χ1) is 12.9. The Morgan fingerprint density at radius 1 is 1.26 bits per heavy atom. The molecule has 0 radical (unpaired) electrons. The molecule has 1 aliphatic heterocycles. The van der Waals surface area contributed by atoms with Crippen LogP contribution >= 0.6 is 11.3 Å². The minimum absolute atomic E-state index is 0.0314. The molecule has 3 heterocycles. The number of hydrogen-bond donors (Lipinski definition) is 1. The smallest absolute Gasteiger partial charge is 0.308 e. The second-order valence-electron chi connectivity index (χ2n) is 7.19. The Labute approximate surface area is 161 Å². The number of benzene rings is 1. The van der Waals surface area contributed by atoms with Gasteiger partial charge in [0.15, 0.2) is 0 Å². The number of carboxylic acid groups (broad SMARTS) is 1. The van der Waals surface area contributed by atoms with Crippen LogP contribution < -0.4 is 0 Å². The number of aromatic nitrogens is 2. The van der Waals surface area contributed by atoms with Crippen molar-refractivity contribution in [2.45, 2.75) is 20.4 Å². The van der Waals surface area contributed by atoms with E-state index in [1.54, 1.807) is 4.90 Å². The molecule has 1 N–H and O–H groups in total. The summed E-state index contributed by atoms with van der Waals surface area (Å²) in [6.07, 6.45) is 0. The van der Waals surface area contributed by atoms with Crippen LogP contribution in [0.3, 0.4) is 0 Å². The van der Waals surface area contributed by atoms with Gasteiger partial charge in [-0.3, -0.25) is 14.3 Å². The monoisotopic (exact) mass is 383 g/mol. The van der Waals surface area contributed by atoms with E-state index < -0.39 is 11.9 Å². The zero-order valence-electron chi connectivity index (χ0n) is 15.3. The molecule has 2 atom stereocenters. The lowest BCUT2D eigenvalue weighted by molar-refractivity contribution is -0.142. The maximum Gasteiger partial charge on any atom is 0.308 e. The third kappa shape index (κ3) is 3.23. The van der Waals surface area contributed by atoms with E-state index in [4.69, 9.17) is 0 Å². The third-order valence-corrected chi connectivity index (χ3v) is 6.35. The van der Waals surface area contributed by atoms with E-state index in [0.29, 0.717) is 18.0 Å². The molecular formula is C20H21N3O3S. The van der Waals surface area contributed by atoms with Crippen LogP contribution in [-0.2, 0) is 11.3 Å². The zero-order valence-corrected chi connectivity index (χ0v) is 16.1. The molecule has 0 bridgehead atoms. The van der Waals surface area contributed by atoms with Gasteiger partial charge in [-0.25, -0.2) is 0 Å². The Morgan fingerprint density at radius 2 is 2.00 bits per heavy atom. The number of nitrogens with zero attached hydrogens (tertiary/aromatic N) is 3. The molecule has 1 amide bonds. The number of carbonyl (C=O) groups excluding carboxylic acids is 1. The molecule has 7 heteroatoms. The Balaban J connectivity index is 1.61. The average molecular weight is 383 g/mol. The molecule has 0 unspecified atom stereocenters. The molecule has 0 saturated carbocycles. The number of aryl methyl sites for hydroxylation is 1. The number of likely N-dealkylation sites (tertiary alicyclic amines) is 1. The van der Waals surface area contributed by atoms with Gasteiger partial charge >= 0.3 is 5.97 Å². The second-order valence-corrected chi connectivity index (χ2v) is 8.22. The summed E-state index contributed by atoms with van der Waals surface area (Å²) in [5.41, 5.74) is 2.05. The predicted molar refractivity (Wildman–Crippen MR) is 104 cm³/mol.